The van der Waals surface area contributed by atoms with Crippen LogP contribution in [-0.4, -0.2) is 21.2 Å². The normalized spacial score (nSPS) is 24.0. The Bertz CT molecular complexity index is 163. The van der Waals surface area contributed by atoms with Gasteiger partial charge in [0, 0.05) is 0 Å². The molecule has 0 spiro atoms. The molecule has 1 aliphatic carbocycles. The van der Waals surface area contributed by atoms with Gasteiger partial charge in [0.15, 0.2) is 0 Å². The summed E-state index contributed by atoms with van der Waals surface area (Å²) in [6, 6.07) is 0. The van der Waals surface area contributed by atoms with Gasteiger partial charge in [-0.3, -0.25) is 0 Å². The van der Waals surface area contributed by atoms with Gasteiger partial charge >= 0.3 is 5.80 Å². The Morgan fingerprint density at radius 3 is 2.15 bits per heavy atom. The number of rotatable bonds is 2. The minimum absolute atomic E-state index is 0.472. The fraction of sp³-hybridized carbons (Fsp3) is 1.00. The van der Waals surface area contributed by atoms with Gasteiger partial charge in [-0.15, -0.1) is 0 Å². The molecule has 0 aromatic heterocycles. The van der Waals surface area contributed by atoms with Crippen molar-refractivity contribution in [2.24, 2.45) is 0 Å². The third-order valence-electron chi connectivity index (χ3n) is 2.50. The van der Waals surface area contributed by atoms with Gasteiger partial charge < -0.3 is 4.43 Å². The van der Waals surface area contributed by atoms with Crippen LogP contribution in [0.15, 0.2) is 0 Å². The van der Waals surface area contributed by atoms with Crippen molar-refractivity contribution in [2.75, 3.05) is 0 Å². The molecule has 1 nitrogen and oxygen atoms in total. The van der Waals surface area contributed by atoms with Crippen molar-refractivity contribution in [1.29, 1.82) is 0 Å². The maximum atomic E-state index is 11.9. The molecule has 0 unspecified atom stereocenters. The van der Waals surface area contributed by atoms with Crippen molar-refractivity contribution in [1.82, 2.24) is 0 Å². The van der Waals surface area contributed by atoms with E-state index < -0.39 is 21.2 Å². The minimum atomic E-state index is -4.06. The maximum Gasteiger partial charge on any atom is 0.382 e. The molecule has 5 heteroatoms. The molecule has 0 aromatic carbocycles. The molecule has 0 aromatic rings. The highest BCUT2D eigenvalue weighted by Gasteiger charge is 2.35. The first-order valence-corrected chi connectivity index (χ1v) is 5.90. The SMILES string of the molecule is CC1(O[SiH2]C(F)(F)F)CCCCC1. The van der Waals surface area contributed by atoms with E-state index >= 15 is 0 Å². The lowest BCUT2D eigenvalue weighted by Gasteiger charge is -2.34. The summed E-state index contributed by atoms with van der Waals surface area (Å²) in [7, 11) is -2.35. The lowest BCUT2D eigenvalue weighted by molar-refractivity contribution is -0.0747. The van der Waals surface area contributed by atoms with Crippen LogP contribution in [0.25, 0.3) is 0 Å². The molecular weight excluding hydrogens is 197 g/mol. The van der Waals surface area contributed by atoms with Gasteiger partial charge in [-0.1, -0.05) is 19.3 Å². The molecule has 0 amide bonds. The Hall–Kier alpha value is -0.0331. The summed E-state index contributed by atoms with van der Waals surface area (Å²) >= 11 is 0. The second-order valence-electron chi connectivity index (χ2n) is 3.91. The highest BCUT2D eigenvalue weighted by molar-refractivity contribution is 6.30. The lowest BCUT2D eigenvalue weighted by Crippen LogP contribution is -2.37. The average molecular weight is 212 g/mol. The molecule has 0 heterocycles. The van der Waals surface area contributed by atoms with Gasteiger partial charge in [0.05, 0.1) is 5.60 Å². The second kappa shape index (κ2) is 4.00. The molecule has 1 rings (SSSR count). The molecule has 0 saturated heterocycles. The highest BCUT2D eigenvalue weighted by atomic mass is 28.2. The van der Waals surface area contributed by atoms with Crippen molar-refractivity contribution in [3.05, 3.63) is 0 Å². The summed E-state index contributed by atoms with van der Waals surface area (Å²) in [6.07, 6.45) is 4.71. The van der Waals surface area contributed by atoms with E-state index in [0.717, 1.165) is 32.1 Å². The van der Waals surface area contributed by atoms with E-state index in [1.54, 1.807) is 0 Å². The first kappa shape index (κ1) is 11.0. The van der Waals surface area contributed by atoms with Crippen molar-refractivity contribution < 1.29 is 17.6 Å². The van der Waals surface area contributed by atoms with E-state index in [0.29, 0.717) is 0 Å². The van der Waals surface area contributed by atoms with Gasteiger partial charge in [0.25, 0.3) is 9.76 Å². The zero-order valence-electron chi connectivity index (χ0n) is 7.78. The van der Waals surface area contributed by atoms with E-state index in [4.69, 9.17) is 4.43 Å². The summed E-state index contributed by atoms with van der Waals surface area (Å²) in [5.41, 5.74) is -0.472. The molecule has 0 radical (unpaired) electrons. The largest absolute Gasteiger partial charge is 0.408 e. The lowest BCUT2D eigenvalue weighted by atomic mass is 9.87. The van der Waals surface area contributed by atoms with Crippen LogP contribution in [0.1, 0.15) is 39.0 Å². The predicted octanol–water partition coefficient (Wildman–Crippen LogP) is 2.33. The quantitative estimate of drug-likeness (QED) is 0.638. The van der Waals surface area contributed by atoms with Gasteiger partial charge in [0.1, 0.15) is 0 Å². The zero-order chi connectivity index (χ0) is 9.95. The monoisotopic (exact) mass is 212 g/mol. The van der Waals surface area contributed by atoms with Gasteiger partial charge in [-0.2, -0.15) is 13.2 Å². The summed E-state index contributed by atoms with van der Waals surface area (Å²) in [5, 5.41) is 0. The van der Waals surface area contributed by atoms with Crippen LogP contribution < -0.4 is 0 Å². The zero-order valence-corrected chi connectivity index (χ0v) is 9.20. The van der Waals surface area contributed by atoms with Gasteiger partial charge in [-0.05, 0) is 19.8 Å². The minimum Gasteiger partial charge on any atom is -0.408 e. The molecule has 1 fully saturated rings. The summed E-state index contributed by atoms with van der Waals surface area (Å²) in [6.45, 7) is 1.81. The molecule has 1 aliphatic rings. The molecule has 0 N–H and O–H groups in total. The molecular formula is C8H15F3OSi. The summed E-state index contributed by atoms with van der Waals surface area (Å²) < 4.78 is 40.8. The van der Waals surface area contributed by atoms with Gasteiger partial charge in [-0.25, -0.2) is 0 Å². The third-order valence-corrected chi connectivity index (χ3v) is 3.66. The number of hydrogen-bond donors (Lipinski definition) is 0. The standard InChI is InChI=1S/C8H15F3OSi/c1-7(5-3-2-4-6-7)12-13-8(9,10)11/h2-6,13H2,1H3. The van der Waals surface area contributed by atoms with Crippen LogP contribution in [0, 0.1) is 0 Å². The molecule has 1 saturated carbocycles. The number of halogens is 3. The van der Waals surface area contributed by atoms with Crippen molar-refractivity contribution >= 4 is 9.76 Å². The smallest absolute Gasteiger partial charge is 0.382 e. The third kappa shape index (κ3) is 4.13. The molecule has 13 heavy (non-hydrogen) atoms. The summed E-state index contributed by atoms with van der Waals surface area (Å²) in [5.74, 6) is -4.06. The van der Waals surface area contributed by atoms with Crippen LogP contribution >= 0.6 is 0 Å². The van der Waals surface area contributed by atoms with Crippen molar-refractivity contribution in [3.8, 4) is 0 Å². The molecule has 0 atom stereocenters. The summed E-state index contributed by atoms with van der Waals surface area (Å²) in [4.78, 5) is 0. The Kier molecular flexibility index (Phi) is 3.40. The van der Waals surface area contributed by atoms with Crippen LogP contribution in [0.5, 0.6) is 0 Å². The molecule has 0 aliphatic heterocycles. The fourth-order valence-electron chi connectivity index (χ4n) is 1.70. The fourth-order valence-corrected chi connectivity index (χ4v) is 2.50. The second-order valence-corrected chi connectivity index (χ2v) is 5.29. The van der Waals surface area contributed by atoms with E-state index in [9.17, 15) is 13.2 Å². The topological polar surface area (TPSA) is 9.23 Å². The van der Waals surface area contributed by atoms with E-state index in [1.165, 1.54) is 0 Å². The predicted molar refractivity (Wildman–Crippen MR) is 47.2 cm³/mol. The molecule has 0 bridgehead atoms. The first-order valence-electron chi connectivity index (χ1n) is 4.62. The van der Waals surface area contributed by atoms with E-state index in [-0.39, 0.29) is 0 Å². The van der Waals surface area contributed by atoms with Crippen molar-refractivity contribution in [2.45, 2.75) is 50.4 Å². The van der Waals surface area contributed by atoms with Crippen molar-refractivity contribution in [3.63, 3.8) is 0 Å². The highest BCUT2D eigenvalue weighted by Crippen LogP contribution is 2.31. The average Bonchev–Trinajstić information content (AvgIpc) is 2.02. The maximum absolute atomic E-state index is 11.9. The van der Waals surface area contributed by atoms with E-state index in [1.807, 2.05) is 6.92 Å². The Labute approximate surface area is 78.6 Å². The van der Waals surface area contributed by atoms with Crippen LogP contribution in [-0.2, 0) is 4.43 Å². The number of alkyl halides is 3. The van der Waals surface area contributed by atoms with E-state index in [2.05, 4.69) is 0 Å². The number of hydrogen-bond acceptors (Lipinski definition) is 1. The molecule has 78 valence electrons. The Balaban J connectivity index is 2.33. The Morgan fingerprint density at radius 1 is 1.15 bits per heavy atom. The van der Waals surface area contributed by atoms with Gasteiger partial charge in [0.2, 0.25) is 0 Å². The van der Waals surface area contributed by atoms with Crippen LogP contribution in [0.2, 0.25) is 0 Å². The van der Waals surface area contributed by atoms with Crippen LogP contribution in [0.3, 0.4) is 0 Å². The van der Waals surface area contributed by atoms with Crippen LogP contribution in [0.4, 0.5) is 13.2 Å². The first-order chi connectivity index (χ1) is 5.91. The Morgan fingerprint density at radius 2 is 1.69 bits per heavy atom.